The molecule has 3 rings (SSSR count). The molecular formula is C17H15N7O4. The lowest BCUT2D eigenvalue weighted by atomic mass is 10.3. The Bertz CT molecular complexity index is 1070. The number of para-hydroxylation sites is 1. The van der Waals surface area contributed by atoms with Gasteiger partial charge in [0.05, 0.1) is 23.9 Å². The summed E-state index contributed by atoms with van der Waals surface area (Å²) >= 11 is 0. The Labute approximate surface area is 158 Å². The van der Waals surface area contributed by atoms with E-state index in [0.29, 0.717) is 5.69 Å². The predicted molar refractivity (Wildman–Crippen MR) is 97.1 cm³/mol. The lowest BCUT2D eigenvalue weighted by Crippen LogP contribution is -2.25. The molecule has 1 atom stereocenters. The van der Waals surface area contributed by atoms with E-state index in [2.05, 4.69) is 15.5 Å². The monoisotopic (exact) mass is 381 g/mol. The third-order valence-electron chi connectivity index (χ3n) is 3.98. The zero-order chi connectivity index (χ0) is 20.3. The van der Waals surface area contributed by atoms with Gasteiger partial charge < -0.3 is 10.1 Å². The number of methoxy groups -OCH3 is 1. The van der Waals surface area contributed by atoms with Gasteiger partial charge in [-0.1, -0.05) is 18.2 Å². The van der Waals surface area contributed by atoms with E-state index in [-0.39, 0.29) is 22.9 Å². The largest absolute Gasteiger partial charge is 0.475 e. The van der Waals surface area contributed by atoms with E-state index in [9.17, 15) is 20.2 Å². The van der Waals surface area contributed by atoms with Crippen LogP contribution in [0.1, 0.15) is 18.5 Å². The summed E-state index contributed by atoms with van der Waals surface area (Å²) in [7, 11) is 1.25. The molecule has 2 heterocycles. The lowest BCUT2D eigenvalue weighted by molar-refractivity contribution is -0.385. The minimum absolute atomic E-state index is 0.174. The van der Waals surface area contributed by atoms with Crippen LogP contribution in [0.2, 0.25) is 0 Å². The third-order valence-corrected chi connectivity index (χ3v) is 3.98. The average Bonchev–Trinajstić information content (AvgIpc) is 3.32. The molecule has 0 bridgehead atoms. The summed E-state index contributed by atoms with van der Waals surface area (Å²) in [5.74, 6) is -0.537. The molecule has 0 spiro atoms. The van der Waals surface area contributed by atoms with Crippen molar-refractivity contribution in [1.29, 1.82) is 5.26 Å². The van der Waals surface area contributed by atoms with Crippen LogP contribution in [0.4, 0.5) is 11.5 Å². The highest BCUT2D eigenvalue weighted by Crippen LogP contribution is 2.27. The fraction of sp³-hybridized carbons (Fsp3) is 0.176. The van der Waals surface area contributed by atoms with Gasteiger partial charge in [0.2, 0.25) is 5.91 Å². The second kappa shape index (κ2) is 7.58. The van der Waals surface area contributed by atoms with Crippen LogP contribution in [0.5, 0.6) is 5.88 Å². The molecule has 3 aromatic rings. The number of rotatable bonds is 6. The van der Waals surface area contributed by atoms with Crippen LogP contribution in [0.15, 0.2) is 42.7 Å². The molecule has 1 N–H and O–H groups in total. The maximum atomic E-state index is 12.7. The fourth-order valence-corrected chi connectivity index (χ4v) is 2.49. The van der Waals surface area contributed by atoms with Gasteiger partial charge in [-0.15, -0.1) is 5.10 Å². The van der Waals surface area contributed by atoms with Crippen molar-refractivity contribution in [3.63, 3.8) is 0 Å². The van der Waals surface area contributed by atoms with Gasteiger partial charge >= 0.3 is 11.6 Å². The number of carbonyl (C=O) groups excluding carboxylic acids is 1. The minimum Gasteiger partial charge on any atom is -0.475 e. The Hall–Kier alpha value is -4.20. The molecule has 1 amide bonds. The normalized spacial score (nSPS) is 11.5. The number of hydrogen-bond donors (Lipinski definition) is 1. The molecule has 11 nitrogen and oxygen atoms in total. The van der Waals surface area contributed by atoms with E-state index in [4.69, 9.17) is 4.74 Å². The molecule has 0 aliphatic carbocycles. The van der Waals surface area contributed by atoms with Crippen molar-refractivity contribution in [3.8, 4) is 17.6 Å². The molecule has 11 heteroatoms. The zero-order valence-corrected chi connectivity index (χ0v) is 14.9. The number of anilines is 1. The highest BCUT2D eigenvalue weighted by atomic mass is 16.6. The molecule has 1 unspecified atom stereocenters. The fourth-order valence-electron chi connectivity index (χ4n) is 2.49. The first-order valence-corrected chi connectivity index (χ1v) is 8.08. The Kier molecular flexibility index (Phi) is 5.03. The standard InChI is InChI=1S/C17H15N7O4/c1-11(22-10-14(24(26)27)17(21-22)28-2)16(25)20-15-12(8-18)9-19-23(15)13-6-4-3-5-7-13/h3-7,9-11H,1-2H3,(H,20,25). The van der Waals surface area contributed by atoms with Crippen molar-refractivity contribution in [3.05, 3.63) is 58.4 Å². The number of nitrogens with one attached hydrogen (secondary N) is 1. The molecule has 2 aromatic heterocycles. The van der Waals surface area contributed by atoms with Crippen LogP contribution in [0, 0.1) is 21.4 Å². The Morgan fingerprint density at radius 1 is 1.39 bits per heavy atom. The van der Waals surface area contributed by atoms with Crippen LogP contribution in [-0.2, 0) is 4.79 Å². The van der Waals surface area contributed by atoms with Crippen molar-refractivity contribution in [2.75, 3.05) is 12.4 Å². The summed E-state index contributed by atoms with van der Waals surface area (Å²) in [6.07, 6.45) is 2.46. The van der Waals surface area contributed by atoms with Gasteiger partial charge in [-0.3, -0.25) is 14.9 Å². The quantitative estimate of drug-likeness (QED) is 0.509. The van der Waals surface area contributed by atoms with E-state index in [0.717, 1.165) is 10.9 Å². The Morgan fingerprint density at radius 3 is 2.68 bits per heavy atom. The first-order valence-electron chi connectivity index (χ1n) is 8.08. The van der Waals surface area contributed by atoms with E-state index >= 15 is 0 Å². The van der Waals surface area contributed by atoms with Crippen LogP contribution in [0.3, 0.4) is 0 Å². The SMILES string of the molecule is COc1nn(C(C)C(=O)Nc2c(C#N)cnn2-c2ccccc2)cc1[N+](=O)[O-]. The molecule has 0 saturated carbocycles. The molecule has 28 heavy (non-hydrogen) atoms. The van der Waals surface area contributed by atoms with Crippen molar-refractivity contribution in [2.24, 2.45) is 0 Å². The average molecular weight is 381 g/mol. The maximum Gasteiger partial charge on any atom is 0.350 e. The van der Waals surface area contributed by atoms with E-state index < -0.39 is 16.9 Å². The number of nitro groups is 1. The smallest absolute Gasteiger partial charge is 0.350 e. The number of amides is 1. The second-order valence-electron chi connectivity index (χ2n) is 5.69. The van der Waals surface area contributed by atoms with Crippen LogP contribution in [-0.4, -0.2) is 37.5 Å². The zero-order valence-electron chi connectivity index (χ0n) is 14.9. The van der Waals surface area contributed by atoms with Crippen molar-refractivity contribution in [2.45, 2.75) is 13.0 Å². The summed E-state index contributed by atoms with van der Waals surface area (Å²) in [6.45, 7) is 1.51. The summed E-state index contributed by atoms with van der Waals surface area (Å²) < 4.78 is 7.43. The van der Waals surface area contributed by atoms with Crippen molar-refractivity contribution in [1.82, 2.24) is 19.6 Å². The molecule has 0 fully saturated rings. The molecule has 0 radical (unpaired) electrons. The van der Waals surface area contributed by atoms with Crippen molar-refractivity contribution < 1.29 is 14.5 Å². The number of carbonyl (C=O) groups is 1. The first kappa shape index (κ1) is 18.6. The van der Waals surface area contributed by atoms with Gasteiger partial charge in [-0.2, -0.15) is 10.4 Å². The Morgan fingerprint density at radius 2 is 2.11 bits per heavy atom. The number of hydrogen-bond acceptors (Lipinski definition) is 7. The van der Waals surface area contributed by atoms with Gasteiger partial charge in [0, 0.05) is 0 Å². The lowest BCUT2D eigenvalue weighted by Gasteiger charge is -2.14. The van der Waals surface area contributed by atoms with Crippen LogP contribution in [0.25, 0.3) is 5.69 Å². The summed E-state index contributed by atoms with van der Waals surface area (Å²) in [5.41, 5.74) is 0.478. The van der Waals surface area contributed by atoms with E-state index in [1.54, 1.807) is 24.3 Å². The number of aromatic nitrogens is 4. The highest BCUT2D eigenvalue weighted by Gasteiger charge is 2.26. The van der Waals surface area contributed by atoms with Crippen LogP contribution >= 0.6 is 0 Å². The summed E-state index contributed by atoms with van der Waals surface area (Å²) in [5, 5.41) is 31.1. The molecule has 0 aliphatic heterocycles. The molecular weight excluding hydrogens is 366 g/mol. The van der Waals surface area contributed by atoms with Gasteiger partial charge in [0.1, 0.15) is 23.9 Å². The van der Waals surface area contributed by atoms with Crippen molar-refractivity contribution >= 4 is 17.4 Å². The van der Waals surface area contributed by atoms with E-state index in [1.807, 2.05) is 12.1 Å². The maximum absolute atomic E-state index is 12.7. The van der Waals surface area contributed by atoms with Gasteiger partial charge in [-0.25, -0.2) is 9.36 Å². The number of benzene rings is 1. The molecule has 0 saturated heterocycles. The molecule has 0 aliphatic rings. The van der Waals surface area contributed by atoms with Gasteiger partial charge in [-0.05, 0) is 19.1 Å². The molecule has 142 valence electrons. The molecule has 1 aromatic carbocycles. The first-order chi connectivity index (χ1) is 13.5. The number of nitrogens with zero attached hydrogens (tertiary/aromatic N) is 6. The highest BCUT2D eigenvalue weighted by molar-refractivity contribution is 5.94. The van der Waals surface area contributed by atoms with Gasteiger partial charge in [0.25, 0.3) is 0 Å². The minimum atomic E-state index is -0.909. The Balaban J connectivity index is 1.90. The van der Waals surface area contributed by atoms with Crippen LogP contribution < -0.4 is 10.1 Å². The number of nitriles is 1. The van der Waals surface area contributed by atoms with Gasteiger partial charge in [0.15, 0.2) is 5.82 Å². The summed E-state index contributed by atoms with van der Waals surface area (Å²) in [4.78, 5) is 23.1. The summed E-state index contributed by atoms with van der Waals surface area (Å²) in [6, 6.07) is 10.0. The third kappa shape index (κ3) is 3.38. The topological polar surface area (TPSA) is 141 Å². The van der Waals surface area contributed by atoms with E-state index in [1.165, 1.54) is 24.9 Å². The number of ether oxygens (including phenoxy) is 1. The second-order valence-corrected chi connectivity index (χ2v) is 5.69. The predicted octanol–water partition coefficient (Wildman–Crippen LogP) is 2.06.